The third-order valence-electron chi connectivity index (χ3n) is 5.47. The van der Waals surface area contributed by atoms with Crippen molar-refractivity contribution in [1.29, 1.82) is 0 Å². The fourth-order valence-electron chi connectivity index (χ4n) is 4.07. The van der Waals surface area contributed by atoms with Crippen LogP contribution in [0.2, 0.25) is 0 Å². The Morgan fingerprint density at radius 2 is 1.42 bits per heavy atom. The van der Waals surface area contributed by atoms with E-state index in [1.165, 1.54) is 0 Å². The average Bonchev–Trinajstić information content (AvgIpc) is 2.95. The highest BCUT2D eigenvalue weighted by molar-refractivity contribution is 6.26. The van der Waals surface area contributed by atoms with Gasteiger partial charge in [-0.05, 0) is 37.3 Å². The van der Waals surface area contributed by atoms with E-state index in [0.717, 1.165) is 36.0 Å². The molecule has 0 N–H and O–H groups in total. The summed E-state index contributed by atoms with van der Waals surface area (Å²) in [6.45, 7) is 3.06. The number of rotatable bonds is 2. The molecule has 0 bridgehead atoms. The highest BCUT2D eigenvalue weighted by atomic mass is 16.2. The van der Waals surface area contributed by atoms with Crippen LogP contribution in [0.5, 0.6) is 0 Å². The fourth-order valence-corrected chi connectivity index (χ4v) is 4.07. The monoisotopic (exact) mass is 350 g/mol. The molecule has 0 unspecified atom stereocenters. The van der Waals surface area contributed by atoms with E-state index in [2.05, 4.69) is 0 Å². The summed E-state index contributed by atoms with van der Waals surface area (Å²) in [4.78, 5) is 42.0. The summed E-state index contributed by atoms with van der Waals surface area (Å²) in [7, 11) is 0. The SMILES string of the molecule is C[C@@H](C(=O)N1CCCCCC1)N1C(=O)c2cccc3cccc(c23)C1=O. The first-order chi connectivity index (χ1) is 12.6. The van der Waals surface area contributed by atoms with Gasteiger partial charge in [0.25, 0.3) is 11.8 Å². The second-order valence-electron chi connectivity index (χ2n) is 7.11. The van der Waals surface area contributed by atoms with Crippen LogP contribution in [-0.2, 0) is 4.79 Å². The first-order valence-electron chi connectivity index (χ1n) is 9.28. The molecule has 5 heteroatoms. The van der Waals surface area contributed by atoms with Crippen LogP contribution in [0.15, 0.2) is 36.4 Å². The summed E-state index contributed by atoms with van der Waals surface area (Å²) in [6.07, 6.45) is 4.19. The Morgan fingerprint density at radius 3 is 1.96 bits per heavy atom. The number of imide groups is 1. The van der Waals surface area contributed by atoms with Gasteiger partial charge in [-0.15, -0.1) is 0 Å². The topological polar surface area (TPSA) is 57.7 Å². The highest BCUT2D eigenvalue weighted by Gasteiger charge is 2.39. The Kier molecular flexibility index (Phi) is 4.23. The van der Waals surface area contributed by atoms with Crippen molar-refractivity contribution >= 4 is 28.5 Å². The van der Waals surface area contributed by atoms with Crippen LogP contribution < -0.4 is 0 Å². The molecule has 2 heterocycles. The van der Waals surface area contributed by atoms with E-state index in [1.807, 2.05) is 24.3 Å². The van der Waals surface area contributed by atoms with Crippen molar-refractivity contribution in [3.8, 4) is 0 Å². The molecule has 2 aliphatic heterocycles. The largest absolute Gasteiger partial charge is 0.341 e. The summed E-state index contributed by atoms with van der Waals surface area (Å²) in [5.41, 5.74) is 0.987. The number of nitrogens with zero attached hydrogens (tertiary/aromatic N) is 2. The van der Waals surface area contributed by atoms with Gasteiger partial charge in [0.05, 0.1) is 0 Å². The van der Waals surface area contributed by atoms with Crippen molar-refractivity contribution in [3.63, 3.8) is 0 Å². The van der Waals surface area contributed by atoms with Gasteiger partial charge in [0, 0.05) is 29.6 Å². The first kappa shape index (κ1) is 16.8. The molecule has 1 fully saturated rings. The maximum atomic E-state index is 13.0. The molecule has 1 saturated heterocycles. The van der Waals surface area contributed by atoms with E-state index in [0.29, 0.717) is 29.6 Å². The van der Waals surface area contributed by atoms with Gasteiger partial charge in [-0.2, -0.15) is 0 Å². The van der Waals surface area contributed by atoms with Crippen LogP contribution in [0, 0.1) is 0 Å². The molecule has 3 amide bonds. The van der Waals surface area contributed by atoms with Crippen LogP contribution in [0.25, 0.3) is 10.8 Å². The number of amides is 3. The van der Waals surface area contributed by atoms with Gasteiger partial charge in [0.1, 0.15) is 6.04 Å². The lowest BCUT2D eigenvalue weighted by atomic mass is 9.93. The summed E-state index contributed by atoms with van der Waals surface area (Å²) < 4.78 is 0. The summed E-state index contributed by atoms with van der Waals surface area (Å²) in [5, 5.41) is 1.56. The van der Waals surface area contributed by atoms with Crippen molar-refractivity contribution in [2.45, 2.75) is 38.6 Å². The number of hydrogen-bond acceptors (Lipinski definition) is 3. The van der Waals surface area contributed by atoms with E-state index >= 15 is 0 Å². The molecule has 0 spiro atoms. The number of carbonyl (C=O) groups is 3. The Hall–Kier alpha value is -2.69. The number of hydrogen-bond donors (Lipinski definition) is 0. The van der Waals surface area contributed by atoms with Crippen molar-refractivity contribution in [2.75, 3.05) is 13.1 Å². The minimum Gasteiger partial charge on any atom is -0.341 e. The maximum absolute atomic E-state index is 13.0. The fraction of sp³-hybridized carbons (Fsp3) is 0.381. The summed E-state index contributed by atoms with van der Waals surface area (Å²) in [5.74, 6) is -0.898. The first-order valence-corrected chi connectivity index (χ1v) is 9.28. The van der Waals surface area contributed by atoms with Crippen molar-refractivity contribution in [2.24, 2.45) is 0 Å². The van der Waals surface area contributed by atoms with Crippen molar-refractivity contribution in [3.05, 3.63) is 47.5 Å². The average molecular weight is 350 g/mol. The minimum absolute atomic E-state index is 0.139. The highest BCUT2D eigenvalue weighted by Crippen LogP contribution is 2.31. The van der Waals surface area contributed by atoms with Crippen molar-refractivity contribution in [1.82, 2.24) is 9.80 Å². The predicted octanol–water partition coefficient (Wildman–Crippen LogP) is 3.23. The molecule has 0 radical (unpaired) electrons. The molecule has 26 heavy (non-hydrogen) atoms. The second-order valence-corrected chi connectivity index (χ2v) is 7.11. The van der Waals surface area contributed by atoms with E-state index < -0.39 is 6.04 Å². The van der Waals surface area contributed by atoms with Gasteiger partial charge in [-0.25, -0.2) is 0 Å². The minimum atomic E-state index is -0.795. The van der Waals surface area contributed by atoms with Crippen LogP contribution in [0.4, 0.5) is 0 Å². The lowest BCUT2D eigenvalue weighted by Crippen LogP contribution is -2.53. The van der Waals surface area contributed by atoms with E-state index in [1.54, 1.807) is 24.0 Å². The van der Waals surface area contributed by atoms with Crippen LogP contribution >= 0.6 is 0 Å². The summed E-state index contributed by atoms with van der Waals surface area (Å²) >= 11 is 0. The number of carbonyl (C=O) groups excluding carboxylic acids is 3. The normalized spacial score (nSPS) is 18.8. The van der Waals surface area contributed by atoms with Gasteiger partial charge in [-0.1, -0.05) is 37.1 Å². The van der Waals surface area contributed by atoms with Crippen molar-refractivity contribution < 1.29 is 14.4 Å². The molecule has 0 aromatic heterocycles. The molecule has 0 aliphatic carbocycles. The third-order valence-corrected chi connectivity index (χ3v) is 5.47. The molecule has 134 valence electrons. The molecule has 2 aromatic carbocycles. The smallest absolute Gasteiger partial charge is 0.262 e. The lowest BCUT2D eigenvalue weighted by molar-refractivity contribution is -0.134. The molecule has 4 rings (SSSR count). The van der Waals surface area contributed by atoms with Gasteiger partial charge in [0.15, 0.2) is 0 Å². The molecular formula is C21H22N2O3. The quantitative estimate of drug-likeness (QED) is 0.782. The Morgan fingerprint density at radius 1 is 0.885 bits per heavy atom. The zero-order chi connectivity index (χ0) is 18.3. The van der Waals surface area contributed by atoms with Gasteiger partial charge >= 0.3 is 0 Å². The van der Waals surface area contributed by atoms with E-state index in [9.17, 15) is 14.4 Å². The van der Waals surface area contributed by atoms with E-state index in [4.69, 9.17) is 0 Å². The molecule has 2 aliphatic rings. The van der Waals surface area contributed by atoms with Gasteiger partial charge in [-0.3, -0.25) is 19.3 Å². The number of benzene rings is 2. The zero-order valence-electron chi connectivity index (χ0n) is 14.9. The van der Waals surface area contributed by atoms with Gasteiger partial charge in [0.2, 0.25) is 5.91 Å². The van der Waals surface area contributed by atoms with E-state index in [-0.39, 0.29) is 17.7 Å². The molecular weight excluding hydrogens is 328 g/mol. The lowest BCUT2D eigenvalue weighted by Gasteiger charge is -2.34. The molecule has 0 saturated carbocycles. The molecule has 2 aromatic rings. The van der Waals surface area contributed by atoms with Gasteiger partial charge < -0.3 is 4.90 Å². The Labute approximate surface area is 152 Å². The van der Waals surface area contributed by atoms with Crippen LogP contribution in [0.1, 0.15) is 53.3 Å². The summed E-state index contributed by atoms with van der Waals surface area (Å²) in [6, 6.07) is 10.1. The zero-order valence-corrected chi connectivity index (χ0v) is 14.9. The van der Waals surface area contributed by atoms with Crippen LogP contribution in [0.3, 0.4) is 0 Å². The Bertz CT molecular complexity index is 847. The second kappa shape index (κ2) is 6.56. The van der Waals surface area contributed by atoms with Crippen LogP contribution in [-0.4, -0.2) is 46.7 Å². The third kappa shape index (κ3) is 2.59. The maximum Gasteiger partial charge on any atom is 0.262 e. The number of likely N-dealkylation sites (tertiary alicyclic amines) is 1. The molecule has 5 nitrogen and oxygen atoms in total. The molecule has 1 atom stereocenters. The standard InChI is InChI=1S/C21H22N2O3/c1-14(19(24)22-12-4-2-3-5-13-22)23-20(25)16-10-6-8-15-9-7-11-17(18(15)16)21(23)26/h6-11,14H,2-5,12-13H2,1H3/t14-/m0/s1. The predicted molar refractivity (Wildman–Crippen MR) is 99.0 cm³/mol. The Balaban J connectivity index is 1.70.